The summed E-state index contributed by atoms with van der Waals surface area (Å²) in [5, 5.41) is 2.21. The molecule has 0 saturated heterocycles. The number of nitrogens with zero attached hydrogens (tertiary/aromatic N) is 1. The molecule has 0 spiro atoms. The van der Waals surface area contributed by atoms with Crippen LogP contribution in [0.5, 0.6) is 0 Å². The standard InChI is InChI=1S/C16H20N2O3/c1-2-21-16(20)17-15(19)12-18-10-8-14(9-11-18)13-6-4-3-5-7-13/h3-8H,2,9-12H2,1H3,(H,17,19,20). The van der Waals surface area contributed by atoms with Crippen LogP contribution in [0.15, 0.2) is 36.4 Å². The molecular formula is C16H20N2O3. The van der Waals surface area contributed by atoms with E-state index in [2.05, 4.69) is 28.3 Å². The van der Waals surface area contributed by atoms with Gasteiger partial charge in [-0.2, -0.15) is 0 Å². The zero-order valence-electron chi connectivity index (χ0n) is 12.2. The van der Waals surface area contributed by atoms with Crippen molar-refractivity contribution in [1.82, 2.24) is 10.2 Å². The van der Waals surface area contributed by atoms with Crippen molar-refractivity contribution in [2.45, 2.75) is 13.3 Å². The van der Waals surface area contributed by atoms with Crippen LogP contribution in [-0.4, -0.2) is 43.1 Å². The Morgan fingerprint density at radius 3 is 2.67 bits per heavy atom. The highest BCUT2D eigenvalue weighted by Crippen LogP contribution is 2.21. The fourth-order valence-electron chi connectivity index (χ4n) is 2.29. The van der Waals surface area contributed by atoms with Crippen LogP contribution in [0.4, 0.5) is 4.79 Å². The predicted molar refractivity (Wildman–Crippen MR) is 80.6 cm³/mol. The van der Waals surface area contributed by atoms with Gasteiger partial charge in [-0.05, 0) is 24.5 Å². The number of hydrogen-bond acceptors (Lipinski definition) is 4. The van der Waals surface area contributed by atoms with Gasteiger partial charge in [0.15, 0.2) is 0 Å². The first-order valence-corrected chi connectivity index (χ1v) is 7.12. The first-order valence-electron chi connectivity index (χ1n) is 7.12. The fourth-order valence-corrected chi connectivity index (χ4v) is 2.29. The Labute approximate surface area is 124 Å². The number of benzene rings is 1. The van der Waals surface area contributed by atoms with Gasteiger partial charge < -0.3 is 4.74 Å². The van der Waals surface area contributed by atoms with Crippen LogP contribution in [0.25, 0.3) is 5.57 Å². The van der Waals surface area contributed by atoms with Crippen LogP contribution >= 0.6 is 0 Å². The molecule has 5 nitrogen and oxygen atoms in total. The maximum absolute atomic E-state index is 11.7. The molecule has 1 N–H and O–H groups in total. The molecule has 2 amide bonds. The second-order valence-electron chi connectivity index (χ2n) is 4.85. The maximum Gasteiger partial charge on any atom is 0.413 e. The highest BCUT2D eigenvalue weighted by atomic mass is 16.5. The van der Waals surface area contributed by atoms with Gasteiger partial charge in [-0.25, -0.2) is 4.79 Å². The number of amides is 2. The van der Waals surface area contributed by atoms with Crippen molar-refractivity contribution in [3.05, 3.63) is 42.0 Å². The van der Waals surface area contributed by atoms with Crippen molar-refractivity contribution in [3.8, 4) is 0 Å². The molecule has 2 rings (SSSR count). The van der Waals surface area contributed by atoms with E-state index < -0.39 is 6.09 Å². The average molecular weight is 288 g/mol. The van der Waals surface area contributed by atoms with Crippen LogP contribution in [0.1, 0.15) is 18.9 Å². The van der Waals surface area contributed by atoms with Crippen molar-refractivity contribution in [1.29, 1.82) is 0 Å². The van der Waals surface area contributed by atoms with Gasteiger partial charge in [-0.1, -0.05) is 36.4 Å². The van der Waals surface area contributed by atoms with Gasteiger partial charge in [0.05, 0.1) is 13.2 Å². The number of nitrogens with one attached hydrogen (secondary N) is 1. The molecule has 112 valence electrons. The Balaban J connectivity index is 1.82. The molecule has 1 aliphatic heterocycles. The van der Waals surface area contributed by atoms with Crippen LogP contribution in [0.3, 0.4) is 0 Å². The molecule has 0 aliphatic carbocycles. The molecule has 0 atom stereocenters. The minimum atomic E-state index is -0.681. The highest BCUT2D eigenvalue weighted by Gasteiger charge is 2.17. The molecule has 0 unspecified atom stereocenters. The summed E-state index contributed by atoms with van der Waals surface area (Å²) in [5.74, 6) is -0.329. The van der Waals surface area contributed by atoms with E-state index in [0.717, 1.165) is 13.0 Å². The van der Waals surface area contributed by atoms with E-state index >= 15 is 0 Å². The van der Waals surface area contributed by atoms with E-state index in [9.17, 15) is 9.59 Å². The number of carbonyl (C=O) groups excluding carboxylic acids is 2. The Morgan fingerprint density at radius 1 is 1.29 bits per heavy atom. The van der Waals surface area contributed by atoms with Crippen molar-refractivity contribution in [2.24, 2.45) is 0 Å². The predicted octanol–water partition coefficient (Wildman–Crippen LogP) is 2.05. The number of carbonyl (C=O) groups is 2. The van der Waals surface area contributed by atoms with Crippen molar-refractivity contribution in [2.75, 3.05) is 26.2 Å². The molecular weight excluding hydrogens is 268 g/mol. The summed E-state index contributed by atoms with van der Waals surface area (Å²) < 4.78 is 4.68. The Hall–Kier alpha value is -2.14. The van der Waals surface area contributed by atoms with Gasteiger partial charge in [0.2, 0.25) is 5.91 Å². The maximum atomic E-state index is 11.7. The van der Waals surface area contributed by atoms with Crippen molar-refractivity contribution in [3.63, 3.8) is 0 Å². The van der Waals surface area contributed by atoms with E-state index in [1.807, 2.05) is 23.1 Å². The van der Waals surface area contributed by atoms with Crippen molar-refractivity contribution < 1.29 is 14.3 Å². The van der Waals surface area contributed by atoms with Crippen LogP contribution in [-0.2, 0) is 9.53 Å². The number of alkyl carbamates (subject to hydrolysis) is 1. The quantitative estimate of drug-likeness (QED) is 0.921. The summed E-state index contributed by atoms with van der Waals surface area (Å²) in [4.78, 5) is 24.8. The summed E-state index contributed by atoms with van der Waals surface area (Å²) in [6.45, 7) is 3.67. The van der Waals surface area contributed by atoms with Crippen molar-refractivity contribution >= 4 is 17.6 Å². The van der Waals surface area contributed by atoms with Crippen LogP contribution < -0.4 is 5.32 Å². The van der Waals surface area contributed by atoms with Gasteiger partial charge in [0, 0.05) is 13.1 Å². The number of imide groups is 1. The molecule has 5 heteroatoms. The van der Waals surface area contributed by atoms with Crippen LogP contribution in [0.2, 0.25) is 0 Å². The molecule has 0 saturated carbocycles. The van der Waals surface area contributed by atoms with Gasteiger partial charge in [0.1, 0.15) is 0 Å². The molecule has 0 bridgehead atoms. The Kier molecular flexibility index (Phi) is 5.51. The summed E-state index contributed by atoms with van der Waals surface area (Å²) in [7, 11) is 0. The zero-order chi connectivity index (χ0) is 15.1. The molecule has 21 heavy (non-hydrogen) atoms. The molecule has 1 heterocycles. The van der Waals surface area contributed by atoms with Crippen LogP contribution in [0, 0.1) is 0 Å². The SMILES string of the molecule is CCOC(=O)NC(=O)CN1CC=C(c2ccccc2)CC1. The fraction of sp³-hybridized carbons (Fsp3) is 0.375. The number of ether oxygens (including phenoxy) is 1. The second kappa shape index (κ2) is 7.59. The third kappa shape index (κ3) is 4.72. The third-order valence-corrected chi connectivity index (χ3v) is 3.32. The number of hydrogen-bond donors (Lipinski definition) is 1. The Morgan fingerprint density at radius 2 is 2.05 bits per heavy atom. The molecule has 1 aliphatic rings. The first-order chi connectivity index (χ1) is 10.2. The van der Waals surface area contributed by atoms with E-state index in [4.69, 9.17) is 0 Å². The largest absolute Gasteiger partial charge is 0.450 e. The van der Waals surface area contributed by atoms with E-state index in [0.29, 0.717) is 6.54 Å². The molecule has 1 aromatic carbocycles. The zero-order valence-corrected chi connectivity index (χ0v) is 12.2. The first kappa shape index (κ1) is 15.3. The summed E-state index contributed by atoms with van der Waals surface area (Å²) in [6.07, 6.45) is 2.35. The third-order valence-electron chi connectivity index (χ3n) is 3.32. The number of rotatable bonds is 4. The molecule has 0 fully saturated rings. The van der Waals surface area contributed by atoms with E-state index in [1.165, 1.54) is 11.1 Å². The highest BCUT2D eigenvalue weighted by molar-refractivity contribution is 5.92. The summed E-state index contributed by atoms with van der Waals surface area (Å²) >= 11 is 0. The average Bonchev–Trinajstić information content (AvgIpc) is 2.49. The molecule has 1 aromatic rings. The minimum absolute atomic E-state index is 0.206. The van der Waals surface area contributed by atoms with Gasteiger partial charge in [-0.15, -0.1) is 0 Å². The minimum Gasteiger partial charge on any atom is -0.450 e. The monoisotopic (exact) mass is 288 g/mol. The lowest BCUT2D eigenvalue weighted by Crippen LogP contribution is -2.41. The van der Waals surface area contributed by atoms with E-state index in [-0.39, 0.29) is 19.1 Å². The second-order valence-corrected chi connectivity index (χ2v) is 4.85. The topological polar surface area (TPSA) is 58.6 Å². The molecule has 0 aromatic heterocycles. The Bertz CT molecular complexity index is 526. The van der Waals surface area contributed by atoms with Gasteiger partial charge >= 0.3 is 6.09 Å². The summed E-state index contributed by atoms with van der Waals surface area (Å²) in [5.41, 5.74) is 2.53. The lowest BCUT2D eigenvalue weighted by molar-refractivity contribution is -0.121. The summed E-state index contributed by atoms with van der Waals surface area (Å²) in [6, 6.07) is 10.2. The normalized spacial score (nSPS) is 15.2. The van der Waals surface area contributed by atoms with Gasteiger partial charge in [-0.3, -0.25) is 15.0 Å². The van der Waals surface area contributed by atoms with E-state index in [1.54, 1.807) is 6.92 Å². The lowest BCUT2D eigenvalue weighted by Gasteiger charge is -2.25. The molecule has 0 radical (unpaired) electrons. The van der Waals surface area contributed by atoms with Gasteiger partial charge in [0.25, 0.3) is 0 Å². The smallest absolute Gasteiger partial charge is 0.413 e. The lowest BCUT2D eigenvalue weighted by atomic mass is 10.00.